The van der Waals surface area contributed by atoms with E-state index >= 15 is 0 Å². The Hall–Kier alpha value is -3.12. The molecular weight excluding hydrogens is 384 g/mol. The van der Waals surface area contributed by atoms with Gasteiger partial charge in [-0.25, -0.2) is 4.99 Å². The molecule has 3 aromatic rings. The predicted octanol–water partition coefficient (Wildman–Crippen LogP) is 5.26. The Morgan fingerprint density at radius 1 is 1.10 bits per heavy atom. The molecule has 0 saturated carbocycles. The highest BCUT2D eigenvalue weighted by Gasteiger charge is 2.27. The standard InChI is InChI=1S/C23H22N2O3S/c1-27-16-11-12-18(19(13-16)28-2)25-22(26)21-17-9-6-10-20(17)29-23(21)24-14-15-7-4-3-5-8-15/h3-5,7-8,11-14H,6,9-10H2,1-2H3,(H,25,26). The Bertz CT molecular complexity index is 1060. The van der Waals surface area contributed by atoms with Gasteiger partial charge < -0.3 is 14.8 Å². The Balaban J connectivity index is 1.66. The summed E-state index contributed by atoms with van der Waals surface area (Å²) in [6, 6.07) is 15.2. The summed E-state index contributed by atoms with van der Waals surface area (Å²) in [5.74, 6) is 1.07. The van der Waals surface area contributed by atoms with Crippen molar-refractivity contribution >= 4 is 34.1 Å². The van der Waals surface area contributed by atoms with Crippen LogP contribution in [-0.4, -0.2) is 26.3 Å². The summed E-state index contributed by atoms with van der Waals surface area (Å²) in [6.45, 7) is 0. The molecule has 0 radical (unpaired) electrons. The molecule has 4 rings (SSSR count). The number of nitrogens with zero attached hydrogens (tertiary/aromatic N) is 1. The number of nitrogens with one attached hydrogen (secondary N) is 1. The maximum atomic E-state index is 13.2. The summed E-state index contributed by atoms with van der Waals surface area (Å²) in [6.07, 6.45) is 4.81. The zero-order chi connectivity index (χ0) is 20.2. The van der Waals surface area contributed by atoms with Crippen LogP contribution in [0.1, 0.15) is 32.8 Å². The number of aliphatic imine (C=N–C) groups is 1. The minimum atomic E-state index is -0.159. The normalized spacial score (nSPS) is 12.8. The number of hydrogen-bond acceptors (Lipinski definition) is 5. The molecule has 0 bridgehead atoms. The van der Waals surface area contributed by atoms with E-state index in [1.54, 1.807) is 43.8 Å². The number of methoxy groups -OCH3 is 2. The number of carbonyl (C=O) groups is 1. The van der Waals surface area contributed by atoms with Gasteiger partial charge >= 0.3 is 0 Å². The van der Waals surface area contributed by atoms with Crippen LogP contribution in [0.15, 0.2) is 53.5 Å². The maximum Gasteiger partial charge on any atom is 0.259 e. The fourth-order valence-corrected chi connectivity index (χ4v) is 4.70. The molecule has 5 nitrogen and oxygen atoms in total. The fraction of sp³-hybridized carbons (Fsp3) is 0.217. The molecule has 0 atom stereocenters. The molecule has 2 aromatic carbocycles. The average Bonchev–Trinajstić information content (AvgIpc) is 3.34. The molecule has 148 valence electrons. The Morgan fingerprint density at radius 2 is 1.93 bits per heavy atom. The van der Waals surface area contributed by atoms with Crippen molar-refractivity contribution in [2.45, 2.75) is 19.3 Å². The number of rotatable bonds is 6. The van der Waals surface area contributed by atoms with Crippen LogP contribution in [0.5, 0.6) is 11.5 Å². The maximum absolute atomic E-state index is 13.2. The Morgan fingerprint density at radius 3 is 2.69 bits per heavy atom. The van der Waals surface area contributed by atoms with Crippen molar-refractivity contribution in [1.82, 2.24) is 0 Å². The molecule has 29 heavy (non-hydrogen) atoms. The van der Waals surface area contributed by atoms with Gasteiger partial charge in [-0.15, -0.1) is 11.3 Å². The highest BCUT2D eigenvalue weighted by molar-refractivity contribution is 7.16. The van der Waals surface area contributed by atoms with Crippen LogP contribution < -0.4 is 14.8 Å². The van der Waals surface area contributed by atoms with E-state index < -0.39 is 0 Å². The first-order valence-electron chi connectivity index (χ1n) is 9.46. The van der Waals surface area contributed by atoms with E-state index in [1.807, 2.05) is 36.5 Å². The molecule has 1 heterocycles. The van der Waals surface area contributed by atoms with Gasteiger partial charge in [0, 0.05) is 17.2 Å². The van der Waals surface area contributed by atoms with Gasteiger partial charge in [-0.2, -0.15) is 0 Å². The van der Waals surface area contributed by atoms with Crippen molar-refractivity contribution in [3.05, 3.63) is 70.1 Å². The largest absolute Gasteiger partial charge is 0.497 e. The summed E-state index contributed by atoms with van der Waals surface area (Å²) >= 11 is 1.61. The molecule has 1 aliphatic rings. The van der Waals surface area contributed by atoms with Gasteiger partial charge in [0.1, 0.15) is 16.5 Å². The van der Waals surface area contributed by atoms with E-state index in [2.05, 4.69) is 10.3 Å². The highest BCUT2D eigenvalue weighted by atomic mass is 32.1. The molecule has 6 heteroatoms. The minimum absolute atomic E-state index is 0.159. The number of ether oxygens (including phenoxy) is 2. The first kappa shape index (κ1) is 19.2. The third-order valence-corrected chi connectivity index (χ3v) is 6.12. The molecule has 0 unspecified atom stereocenters. The van der Waals surface area contributed by atoms with E-state index in [-0.39, 0.29) is 5.91 Å². The highest BCUT2D eigenvalue weighted by Crippen LogP contribution is 2.41. The fourth-order valence-electron chi connectivity index (χ4n) is 3.47. The summed E-state index contributed by atoms with van der Waals surface area (Å²) in [7, 11) is 3.17. The lowest BCUT2D eigenvalue weighted by Gasteiger charge is -2.12. The van der Waals surface area contributed by atoms with E-state index in [4.69, 9.17) is 9.47 Å². The monoisotopic (exact) mass is 406 g/mol. The zero-order valence-electron chi connectivity index (χ0n) is 16.4. The van der Waals surface area contributed by atoms with Crippen molar-refractivity contribution in [3.63, 3.8) is 0 Å². The summed E-state index contributed by atoms with van der Waals surface area (Å²) in [5.41, 5.74) is 3.41. The zero-order valence-corrected chi connectivity index (χ0v) is 17.2. The van der Waals surface area contributed by atoms with Crippen LogP contribution in [0.3, 0.4) is 0 Å². The summed E-state index contributed by atoms with van der Waals surface area (Å²) < 4.78 is 10.6. The van der Waals surface area contributed by atoms with Crippen LogP contribution in [0, 0.1) is 0 Å². The molecule has 1 aliphatic carbocycles. The van der Waals surface area contributed by atoms with Crippen molar-refractivity contribution in [1.29, 1.82) is 0 Å². The lowest BCUT2D eigenvalue weighted by Crippen LogP contribution is -2.14. The molecule has 1 amide bonds. The van der Waals surface area contributed by atoms with Gasteiger partial charge in [-0.1, -0.05) is 30.3 Å². The smallest absolute Gasteiger partial charge is 0.259 e. The second kappa shape index (κ2) is 8.49. The van der Waals surface area contributed by atoms with E-state index in [0.717, 1.165) is 35.4 Å². The summed E-state index contributed by atoms with van der Waals surface area (Å²) in [5, 5.41) is 3.75. The molecule has 1 aromatic heterocycles. The topological polar surface area (TPSA) is 59.9 Å². The van der Waals surface area contributed by atoms with Crippen molar-refractivity contribution < 1.29 is 14.3 Å². The number of aryl methyl sites for hydroxylation is 1. The summed E-state index contributed by atoms with van der Waals surface area (Å²) in [4.78, 5) is 19.1. The van der Waals surface area contributed by atoms with Crippen LogP contribution in [-0.2, 0) is 12.8 Å². The van der Waals surface area contributed by atoms with Crippen molar-refractivity contribution in [2.75, 3.05) is 19.5 Å². The lowest BCUT2D eigenvalue weighted by molar-refractivity contribution is 0.102. The molecule has 0 aliphatic heterocycles. The third-order valence-electron chi connectivity index (χ3n) is 4.92. The van der Waals surface area contributed by atoms with E-state index in [1.165, 1.54) is 4.88 Å². The number of amides is 1. The number of carbonyl (C=O) groups excluding carboxylic acids is 1. The van der Waals surface area contributed by atoms with Gasteiger partial charge in [-0.05, 0) is 42.5 Å². The SMILES string of the molecule is COc1ccc(NC(=O)c2c(N=Cc3ccccc3)sc3c2CCC3)c(OC)c1. The van der Waals surface area contributed by atoms with E-state index in [9.17, 15) is 4.79 Å². The molecule has 0 saturated heterocycles. The molecule has 0 fully saturated rings. The van der Waals surface area contributed by atoms with Crippen LogP contribution >= 0.6 is 11.3 Å². The van der Waals surface area contributed by atoms with Crippen molar-refractivity contribution in [3.8, 4) is 11.5 Å². The first-order valence-corrected chi connectivity index (χ1v) is 10.3. The number of anilines is 1. The first-order chi connectivity index (χ1) is 14.2. The van der Waals surface area contributed by atoms with Gasteiger partial charge in [0.2, 0.25) is 0 Å². The molecule has 1 N–H and O–H groups in total. The number of thiophene rings is 1. The van der Waals surface area contributed by atoms with Gasteiger partial charge in [0.05, 0.1) is 25.5 Å². The second-order valence-electron chi connectivity index (χ2n) is 6.73. The minimum Gasteiger partial charge on any atom is -0.497 e. The van der Waals surface area contributed by atoms with Crippen molar-refractivity contribution in [2.24, 2.45) is 4.99 Å². The number of benzene rings is 2. The van der Waals surface area contributed by atoms with Gasteiger partial charge in [0.25, 0.3) is 5.91 Å². The van der Waals surface area contributed by atoms with Crippen LogP contribution in [0.4, 0.5) is 10.7 Å². The predicted molar refractivity (Wildman–Crippen MR) is 118 cm³/mol. The Labute approximate surface area is 174 Å². The van der Waals surface area contributed by atoms with Crippen LogP contribution in [0.25, 0.3) is 0 Å². The average molecular weight is 407 g/mol. The second-order valence-corrected chi connectivity index (χ2v) is 7.81. The van der Waals surface area contributed by atoms with Gasteiger partial charge in [-0.3, -0.25) is 4.79 Å². The molecular formula is C23H22N2O3S. The molecule has 0 spiro atoms. The van der Waals surface area contributed by atoms with Gasteiger partial charge in [0.15, 0.2) is 0 Å². The number of fused-ring (bicyclic) bond motifs is 1. The van der Waals surface area contributed by atoms with Crippen LogP contribution in [0.2, 0.25) is 0 Å². The lowest BCUT2D eigenvalue weighted by atomic mass is 10.1. The number of hydrogen-bond donors (Lipinski definition) is 1. The third kappa shape index (κ3) is 4.03. The quantitative estimate of drug-likeness (QED) is 0.568. The Kier molecular flexibility index (Phi) is 5.62. The van der Waals surface area contributed by atoms with E-state index in [0.29, 0.717) is 22.7 Å².